The number of anilines is 1. The van der Waals surface area contributed by atoms with Crippen molar-refractivity contribution in [2.45, 2.75) is 13.5 Å². The van der Waals surface area contributed by atoms with Crippen molar-refractivity contribution in [2.24, 2.45) is 0 Å². The van der Waals surface area contributed by atoms with E-state index in [1.54, 1.807) is 19.1 Å². The van der Waals surface area contributed by atoms with E-state index in [-0.39, 0.29) is 16.8 Å². The molecule has 0 saturated heterocycles. The van der Waals surface area contributed by atoms with E-state index in [1.165, 1.54) is 10.7 Å². The van der Waals surface area contributed by atoms with Gasteiger partial charge in [0.2, 0.25) is 5.95 Å². The fraction of sp³-hybridized carbons (Fsp3) is 0.167. The Morgan fingerprint density at radius 1 is 1.41 bits per heavy atom. The summed E-state index contributed by atoms with van der Waals surface area (Å²) in [7, 11) is 0. The van der Waals surface area contributed by atoms with Crippen molar-refractivity contribution in [3.8, 4) is 0 Å². The van der Waals surface area contributed by atoms with Crippen molar-refractivity contribution in [3.05, 3.63) is 44.6 Å². The molecule has 2 aromatic heterocycles. The number of halogens is 1. The van der Waals surface area contributed by atoms with Crippen molar-refractivity contribution in [3.63, 3.8) is 0 Å². The van der Waals surface area contributed by atoms with Gasteiger partial charge in [-0.15, -0.1) is 5.10 Å². The van der Waals surface area contributed by atoms with Gasteiger partial charge in [-0.1, -0.05) is 22.9 Å². The van der Waals surface area contributed by atoms with E-state index in [1.807, 2.05) is 0 Å². The standard InChI is InChI=1S/C12H10ClN7O2/c1-6-4-7(2-3-8(6)20(21)22)5-19-11-9(17-18-19)10(13)15-12(14)16-11/h2-4H,5H2,1H3,(H2,14,15,16). The molecule has 9 nitrogen and oxygen atoms in total. The second kappa shape index (κ2) is 5.19. The minimum absolute atomic E-state index is 0.0286. The van der Waals surface area contributed by atoms with Crippen LogP contribution in [0.1, 0.15) is 11.1 Å². The zero-order valence-electron chi connectivity index (χ0n) is 11.4. The number of nitrogens with two attached hydrogens (primary N) is 1. The van der Waals surface area contributed by atoms with Crippen LogP contribution >= 0.6 is 11.6 Å². The van der Waals surface area contributed by atoms with Crippen molar-refractivity contribution in [2.75, 3.05) is 5.73 Å². The molecule has 2 N–H and O–H groups in total. The van der Waals surface area contributed by atoms with Gasteiger partial charge in [-0.3, -0.25) is 10.1 Å². The lowest BCUT2D eigenvalue weighted by Gasteiger charge is -2.04. The van der Waals surface area contributed by atoms with E-state index < -0.39 is 4.92 Å². The molecule has 0 saturated carbocycles. The molecule has 0 unspecified atom stereocenters. The van der Waals surface area contributed by atoms with Crippen LogP contribution < -0.4 is 5.73 Å². The van der Waals surface area contributed by atoms with Gasteiger partial charge in [0.1, 0.15) is 0 Å². The lowest BCUT2D eigenvalue weighted by molar-refractivity contribution is -0.385. The summed E-state index contributed by atoms with van der Waals surface area (Å²) in [5, 5.41) is 18.9. The highest BCUT2D eigenvalue weighted by Gasteiger charge is 2.14. The molecule has 0 spiro atoms. The van der Waals surface area contributed by atoms with Crippen LogP contribution in [0.4, 0.5) is 11.6 Å². The first-order chi connectivity index (χ1) is 10.5. The fourth-order valence-electron chi connectivity index (χ4n) is 2.14. The van der Waals surface area contributed by atoms with E-state index in [9.17, 15) is 10.1 Å². The minimum Gasteiger partial charge on any atom is -0.368 e. The summed E-state index contributed by atoms with van der Waals surface area (Å²) >= 11 is 5.94. The second-order valence-electron chi connectivity index (χ2n) is 4.67. The van der Waals surface area contributed by atoms with E-state index in [4.69, 9.17) is 17.3 Å². The summed E-state index contributed by atoms with van der Waals surface area (Å²) in [4.78, 5) is 18.3. The van der Waals surface area contributed by atoms with Gasteiger partial charge in [-0.25, -0.2) is 4.68 Å². The fourth-order valence-corrected chi connectivity index (χ4v) is 2.35. The van der Waals surface area contributed by atoms with Crippen molar-refractivity contribution < 1.29 is 4.92 Å². The Bertz CT molecular complexity index is 893. The molecule has 0 fully saturated rings. The first kappa shape index (κ1) is 14.1. The number of nitro groups is 1. The molecule has 1 aromatic carbocycles. The Morgan fingerprint density at radius 3 is 2.86 bits per heavy atom. The number of nitro benzene ring substituents is 1. The summed E-state index contributed by atoms with van der Waals surface area (Å²) in [5.74, 6) is 0.0286. The summed E-state index contributed by atoms with van der Waals surface area (Å²) < 4.78 is 1.51. The van der Waals surface area contributed by atoms with Crippen molar-refractivity contribution in [1.29, 1.82) is 0 Å². The molecule has 112 valence electrons. The number of fused-ring (bicyclic) bond motifs is 1. The van der Waals surface area contributed by atoms with Crippen molar-refractivity contribution in [1.82, 2.24) is 25.0 Å². The van der Waals surface area contributed by atoms with E-state index in [0.717, 1.165) is 5.56 Å². The van der Waals surface area contributed by atoms with Crippen LogP contribution in [0.5, 0.6) is 0 Å². The number of nitrogen functional groups attached to an aromatic ring is 1. The molecule has 3 rings (SSSR count). The highest BCUT2D eigenvalue weighted by Crippen LogP contribution is 2.21. The number of benzene rings is 1. The van der Waals surface area contributed by atoms with Gasteiger partial charge in [0.15, 0.2) is 16.3 Å². The van der Waals surface area contributed by atoms with Gasteiger partial charge < -0.3 is 5.73 Å². The summed E-state index contributed by atoms with van der Waals surface area (Å²) in [6.07, 6.45) is 0. The molecule has 10 heteroatoms. The minimum atomic E-state index is -0.419. The third-order valence-corrected chi connectivity index (χ3v) is 3.39. The molecule has 0 amide bonds. The van der Waals surface area contributed by atoms with Crippen molar-refractivity contribution >= 4 is 34.4 Å². The molecule has 0 aliphatic carbocycles. The highest BCUT2D eigenvalue weighted by molar-refractivity contribution is 6.33. The first-order valence-electron chi connectivity index (χ1n) is 6.22. The Kier molecular flexibility index (Phi) is 3.33. The second-order valence-corrected chi connectivity index (χ2v) is 5.03. The molecular formula is C12H10ClN7O2. The Balaban J connectivity index is 2.00. The van der Waals surface area contributed by atoms with Crippen LogP contribution in [0.2, 0.25) is 5.15 Å². The molecule has 2 heterocycles. The van der Waals surface area contributed by atoms with Crippen LogP contribution in [0.25, 0.3) is 11.2 Å². The number of rotatable bonds is 3. The summed E-state index contributed by atoms with van der Waals surface area (Å²) in [6.45, 7) is 2.01. The zero-order valence-corrected chi connectivity index (χ0v) is 12.2. The predicted molar refractivity (Wildman–Crippen MR) is 79.5 cm³/mol. The maximum atomic E-state index is 10.8. The monoisotopic (exact) mass is 319 g/mol. The van der Waals surface area contributed by atoms with Crippen LogP contribution in [0, 0.1) is 17.0 Å². The summed E-state index contributed by atoms with van der Waals surface area (Å²) in [5.41, 5.74) is 7.80. The molecule has 0 radical (unpaired) electrons. The molecule has 3 aromatic rings. The molecule has 0 aliphatic rings. The van der Waals surface area contributed by atoms with Gasteiger partial charge in [-0.2, -0.15) is 9.97 Å². The quantitative estimate of drug-likeness (QED) is 0.442. The summed E-state index contributed by atoms with van der Waals surface area (Å²) in [6, 6.07) is 4.84. The highest BCUT2D eigenvalue weighted by atomic mass is 35.5. The lowest BCUT2D eigenvalue weighted by atomic mass is 10.1. The zero-order chi connectivity index (χ0) is 15.9. The predicted octanol–water partition coefficient (Wildman–Crippen LogP) is 1.72. The molecular weight excluding hydrogens is 310 g/mol. The van der Waals surface area contributed by atoms with Gasteiger partial charge >= 0.3 is 0 Å². The smallest absolute Gasteiger partial charge is 0.272 e. The van der Waals surface area contributed by atoms with Crippen LogP contribution in [0.3, 0.4) is 0 Å². The third-order valence-electron chi connectivity index (χ3n) is 3.13. The van der Waals surface area contributed by atoms with E-state index in [2.05, 4.69) is 20.3 Å². The topological polar surface area (TPSA) is 126 Å². The number of hydrogen-bond acceptors (Lipinski definition) is 7. The number of aryl methyl sites for hydroxylation is 1. The lowest BCUT2D eigenvalue weighted by Crippen LogP contribution is -2.05. The average Bonchev–Trinajstić information content (AvgIpc) is 2.82. The molecule has 0 bridgehead atoms. The number of nitrogens with zero attached hydrogens (tertiary/aromatic N) is 6. The van der Waals surface area contributed by atoms with E-state index >= 15 is 0 Å². The van der Waals surface area contributed by atoms with Crippen LogP contribution in [-0.2, 0) is 6.54 Å². The number of aromatic nitrogens is 5. The Hall–Kier alpha value is -2.81. The maximum Gasteiger partial charge on any atom is 0.272 e. The SMILES string of the molecule is Cc1cc(Cn2nnc3c(Cl)nc(N)nc32)ccc1[N+](=O)[O-]. The van der Waals surface area contributed by atoms with Gasteiger partial charge in [-0.05, 0) is 18.6 Å². The maximum absolute atomic E-state index is 10.8. The molecule has 0 aliphatic heterocycles. The molecule has 0 atom stereocenters. The Morgan fingerprint density at radius 2 is 2.18 bits per heavy atom. The average molecular weight is 320 g/mol. The Labute approximate surface area is 128 Å². The van der Waals surface area contributed by atoms with Gasteiger partial charge in [0.05, 0.1) is 11.5 Å². The van der Waals surface area contributed by atoms with Crippen LogP contribution in [0.15, 0.2) is 18.2 Å². The molecule has 22 heavy (non-hydrogen) atoms. The van der Waals surface area contributed by atoms with Gasteiger partial charge in [0, 0.05) is 11.6 Å². The number of hydrogen-bond donors (Lipinski definition) is 1. The van der Waals surface area contributed by atoms with Gasteiger partial charge in [0.25, 0.3) is 5.69 Å². The van der Waals surface area contributed by atoms with E-state index in [0.29, 0.717) is 23.3 Å². The third kappa shape index (κ3) is 2.42. The first-order valence-corrected chi connectivity index (χ1v) is 6.59. The largest absolute Gasteiger partial charge is 0.368 e. The van der Waals surface area contributed by atoms with Crippen LogP contribution in [-0.4, -0.2) is 29.9 Å². The normalized spacial score (nSPS) is 11.0.